The fraction of sp³-hybridized carbons (Fsp3) is 0.235. The zero-order valence-electron chi connectivity index (χ0n) is 11.2. The van der Waals surface area contributed by atoms with Gasteiger partial charge in [0.1, 0.15) is 5.76 Å². The van der Waals surface area contributed by atoms with Crippen LogP contribution in [-0.2, 0) is 0 Å². The summed E-state index contributed by atoms with van der Waals surface area (Å²) in [5.74, 6) is 0.655. The SMILES string of the molecule is Cc1cc(C2=CCCC=C2)c2c(=O)oc(C)cc2c1. The van der Waals surface area contributed by atoms with E-state index in [-0.39, 0.29) is 5.63 Å². The van der Waals surface area contributed by atoms with Gasteiger partial charge in [0.25, 0.3) is 0 Å². The molecular formula is C17H16O2. The highest BCUT2D eigenvalue weighted by atomic mass is 16.4. The van der Waals surface area contributed by atoms with Crippen molar-refractivity contribution >= 4 is 16.3 Å². The van der Waals surface area contributed by atoms with Crippen LogP contribution in [0.25, 0.3) is 16.3 Å². The lowest BCUT2D eigenvalue weighted by molar-refractivity contribution is 0.488. The van der Waals surface area contributed by atoms with Crippen molar-refractivity contribution in [2.24, 2.45) is 0 Å². The summed E-state index contributed by atoms with van der Waals surface area (Å²) >= 11 is 0. The van der Waals surface area contributed by atoms with Gasteiger partial charge < -0.3 is 4.42 Å². The molecule has 96 valence electrons. The second-order valence-corrected chi connectivity index (χ2v) is 5.06. The van der Waals surface area contributed by atoms with E-state index in [0.717, 1.165) is 34.9 Å². The number of hydrogen-bond donors (Lipinski definition) is 0. The summed E-state index contributed by atoms with van der Waals surface area (Å²) in [7, 11) is 0. The fourth-order valence-corrected chi connectivity index (χ4v) is 2.64. The molecule has 0 atom stereocenters. The van der Waals surface area contributed by atoms with E-state index in [0.29, 0.717) is 11.1 Å². The molecule has 3 rings (SSSR count). The van der Waals surface area contributed by atoms with Gasteiger partial charge in [0.15, 0.2) is 0 Å². The Morgan fingerprint density at radius 2 is 1.95 bits per heavy atom. The van der Waals surface area contributed by atoms with Crippen molar-refractivity contribution < 1.29 is 4.42 Å². The first kappa shape index (κ1) is 12.0. The van der Waals surface area contributed by atoms with Crippen LogP contribution in [0, 0.1) is 13.8 Å². The van der Waals surface area contributed by atoms with Crippen LogP contribution < -0.4 is 5.63 Å². The van der Waals surface area contributed by atoms with Gasteiger partial charge in [-0.15, -0.1) is 0 Å². The fourth-order valence-electron chi connectivity index (χ4n) is 2.64. The van der Waals surface area contributed by atoms with Gasteiger partial charge in [-0.1, -0.05) is 30.4 Å². The Hall–Kier alpha value is -2.09. The third-order valence-corrected chi connectivity index (χ3v) is 3.44. The Morgan fingerprint density at radius 3 is 2.68 bits per heavy atom. The quantitative estimate of drug-likeness (QED) is 0.763. The molecule has 0 saturated heterocycles. The summed E-state index contributed by atoms with van der Waals surface area (Å²) in [6.45, 7) is 3.86. The van der Waals surface area contributed by atoms with E-state index in [2.05, 4.69) is 31.2 Å². The first-order valence-corrected chi connectivity index (χ1v) is 6.57. The average Bonchev–Trinajstić information content (AvgIpc) is 2.38. The van der Waals surface area contributed by atoms with Gasteiger partial charge in [-0.25, -0.2) is 4.79 Å². The number of hydrogen-bond acceptors (Lipinski definition) is 2. The summed E-state index contributed by atoms with van der Waals surface area (Å²) in [6, 6.07) is 6.03. The smallest absolute Gasteiger partial charge is 0.344 e. The minimum Gasteiger partial charge on any atom is -0.428 e. The molecular weight excluding hydrogens is 236 g/mol. The molecule has 0 unspecified atom stereocenters. The van der Waals surface area contributed by atoms with Crippen LogP contribution in [0.1, 0.15) is 29.7 Å². The lowest BCUT2D eigenvalue weighted by Crippen LogP contribution is -2.04. The maximum Gasteiger partial charge on any atom is 0.344 e. The molecule has 0 spiro atoms. The van der Waals surface area contributed by atoms with Crippen LogP contribution in [0.2, 0.25) is 0 Å². The second-order valence-electron chi connectivity index (χ2n) is 5.06. The molecule has 19 heavy (non-hydrogen) atoms. The second kappa shape index (κ2) is 4.54. The Kier molecular flexibility index (Phi) is 2.86. The summed E-state index contributed by atoms with van der Waals surface area (Å²) in [6.07, 6.45) is 8.53. The van der Waals surface area contributed by atoms with Gasteiger partial charge in [0.2, 0.25) is 0 Å². The first-order valence-electron chi connectivity index (χ1n) is 6.57. The predicted octanol–water partition coefficient (Wildman–Crippen LogP) is 4.14. The Bertz CT molecular complexity index is 755. The van der Waals surface area contributed by atoms with E-state index in [4.69, 9.17) is 4.42 Å². The highest BCUT2D eigenvalue weighted by molar-refractivity contribution is 5.96. The first-order chi connectivity index (χ1) is 9.15. The highest BCUT2D eigenvalue weighted by Gasteiger charge is 2.12. The molecule has 0 N–H and O–H groups in total. The predicted molar refractivity (Wildman–Crippen MR) is 78.3 cm³/mol. The van der Waals surface area contributed by atoms with Gasteiger partial charge in [0, 0.05) is 0 Å². The van der Waals surface area contributed by atoms with Crippen molar-refractivity contribution in [3.8, 4) is 0 Å². The van der Waals surface area contributed by atoms with E-state index in [1.54, 1.807) is 0 Å². The number of rotatable bonds is 1. The van der Waals surface area contributed by atoms with E-state index < -0.39 is 0 Å². The Balaban J connectivity index is 2.38. The van der Waals surface area contributed by atoms with Crippen molar-refractivity contribution in [1.29, 1.82) is 0 Å². The van der Waals surface area contributed by atoms with Crippen LogP contribution in [-0.4, -0.2) is 0 Å². The molecule has 1 aliphatic rings. The topological polar surface area (TPSA) is 30.2 Å². The minimum atomic E-state index is -0.245. The summed E-state index contributed by atoms with van der Waals surface area (Å²) < 4.78 is 5.25. The monoisotopic (exact) mass is 252 g/mol. The number of fused-ring (bicyclic) bond motifs is 1. The van der Waals surface area contributed by atoms with Crippen molar-refractivity contribution in [3.63, 3.8) is 0 Å². The van der Waals surface area contributed by atoms with Crippen molar-refractivity contribution in [1.82, 2.24) is 0 Å². The molecule has 1 heterocycles. The highest BCUT2D eigenvalue weighted by Crippen LogP contribution is 2.28. The summed E-state index contributed by atoms with van der Waals surface area (Å²) in [4.78, 5) is 12.2. The lowest BCUT2D eigenvalue weighted by Gasteiger charge is -2.11. The molecule has 1 aliphatic carbocycles. The van der Waals surface area contributed by atoms with Crippen LogP contribution >= 0.6 is 0 Å². The molecule has 2 heteroatoms. The molecule has 2 aromatic rings. The molecule has 0 amide bonds. The molecule has 0 saturated carbocycles. The van der Waals surface area contributed by atoms with Gasteiger partial charge in [0.05, 0.1) is 5.39 Å². The van der Waals surface area contributed by atoms with E-state index in [9.17, 15) is 4.79 Å². The van der Waals surface area contributed by atoms with Gasteiger partial charge >= 0.3 is 5.63 Å². The molecule has 0 radical (unpaired) electrons. The molecule has 0 bridgehead atoms. The zero-order chi connectivity index (χ0) is 13.4. The standard InChI is InChI=1S/C17H16O2/c1-11-8-14-10-12(2)19-17(18)16(14)15(9-11)13-6-4-3-5-7-13/h4,6-10H,3,5H2,1-2H3. The molecule has 0 fully saturated rings. The minimum absolute atomic E-state index is 0.245. The number of allylic oxidation sites excluding steroid dienone is 4. The van der Waals surface area contributed by atoms with Crippen LogP contribution in [0.15, 0.2) is 45.6 Å². The average molecular weight is 252 g/mol. The summed E-state index contributed by atoms with van der Waals surface area (Å²) in [5, 5.41) is 1.65. The van der Waals surface area contributed by atoms with Crippen molar-refractivity contribution in [2.45, 2.75) is 26.7 Å². The van der Waals surface area contributed by atoms with Gasteiger partial charge in [-0.3, -0.25) is 0 Å². The van der Waals surface area contributed by atoms with E-state index in [1.165, 1.54) is 0 Å². The van der Waals surface area contributed by atoms with Crippen molar-refractivity contribution in [2.75, 3.05) is 0 Å². The third kappa shape index (κ3) is 2.14. The Morgan fingerprint density at radius 1 is 1.11 bits per heavy atom. The maximum atomic E-state index is 12.2. The summed E-state index contributed by atoms with van der Waals surface area (Å²) in [5.41, 5.74) is 3.02. The largest absolute Gasteiger partial charge is 0.428 e. The van der Waals surface area contributed by atoms with Gasteiger partial charge in [-0.05, 0) is 54.8 Å². The lowest BCUT2D eigenvalue weighted by atomic mass is 9.94. The molecule has 0 aliphatic heterocycles. The zero-order valence-corrected chi connectivity index (χ0v) is 11.2. The van der Waals surface area contributed by atoms with Crippen LogP contribution in [0.3, 0.4) is 0 Å². The molecule has 2 nitrogen and oxygen atoms in total. The Labute approximate surface area is 112 Å². The molecule has 1 aromatic heterocycles. The van der Waals surface area contributed by atoms with Crippen LogP contribution in [0.5, 0.6) is 0 Å². The van der Waals surface area contributed by atoms with Crippen LogP contribution in [0.4, 0.5) is 0 Å². The van der Waals surface area contributed by atoms with E-state index in [1.807, 2.05) is 19.1 Å². The molecule has 1 aromatic carbocycles. The van der Waals surface area contributed by atoms with Gasteiger partial charge in [-0.2, -0.15) is 0 Å². The van der Waals surface area contributed by atoms with E-state index >= 15 is 0 Å². The van der Waals surface area contributed by atoms with Crippen molar-refractivity contribution in [3.05, 3.63) is 63.7 Å². The maximum absolute atomic E-state index is 12.2. The number of benzene rings is 1. The number of aryl methyl sites for hydroxylation is 2. The third-order valence-electron chi connectivity index (χ3n) is 3.44. The normalized spacial score (nSPS) is 14.7.